The van der Waals surface area contributed by atoms with E-state index in [0.717, 1.165) is 30.3 Å². The van der Waals surface area contributed by atoms with Crippen LogP contribution in [-0.2, 0) is 11.2 Å². The Hall–Kier alpha value is -2.76. The van der Waals surface area contributed by atoms with Crippen LogP contribution in [0.25, 0.3) is 10.8 Å². The van der Waals surface area contributed by atoms with Gasteiger partial charge in [0.2, 0.25) is 5.91 Å². The second-order valence-electron chi connectivity index (χ2n) is 6.26. The molecule has 0 radical (unpaired) electrons. The van der Waals surface area contributed by atoms with Crippen LogP contribution in [-0.4, -0.2) is 44.5 Å². The van der Waals surface area contributed by atoms with Crippen LogP contribution < -0.4 is 0 Å². The third kappa shape index (κ3) is 2.87. The van der Waals surface area contributed by atoms with E-state index in [1.165, 1.54) is 5.39 Å². The van der Waals surface area contributed by atoms with Crippen LogP contribution >= 0.6 is 0 Å². The fourth-order valence-corrected chi connectivity index (χ4v) is 3.48. The standard InChI is InChI=1S/C18H19N5O/c24-17(11-14-7-3-6-13-5-1-2-9-16(13)14)23-10-4-8-15(12-23)18-19-21-22-20-18/h1-3,5-7,9,15H,4,8,10-12H2,(H,19,20,21,22). The third-order valence-electron chi connectivity index (χ3n) is 4.72. The zero-order valence-electron chi connectivity index (χ0n) is 13.4. The Morgan fingerprint density at radius 2 is 2.08 bits per heavy atom. The number of nitrogens with zero attached hydrogens (tertiary/aromatic N) is 4. The predicted molar refractivity (Wildman–Crippen MR) is 90.4 cm³/mol. The van der Waals surface area contributed by atoms with Crippen molar-refractivity contribution in [1.29, 1.82) is 0 Å². The lowest BCUT2D eigenvalue weighted by atomic mass is 9.96. The van der Waals surface area contributed by atoms with Crippen molar-refractivity contribution >= 4 is 16.7 Å². The quantitative estimate of drug-likeness (QED) is 0.803. The van der Waals surface area contributed by atoms with Gasteiger partial charge in [0.1, 0.15) is 0 Å². The molecular weight excluding hydrogens is 302 g/mol. The van der Waals surface area contributed by atoms with E-state index in [2.05, 4.69) is 38.8 Å². The van der Waals surface area contributed by atoms with Crippen LogP contribution in [0.5, 0.6) is 0 Å². The normalized spacial score (nSPS) is 18.0. The highest BCUT2D eigenvalue weighted by Crippen LogP contribution is 2.25. The van der Waals surface area contributed by atoms with Crippen molar-refractivity contribution in [3.05, 3.63) is 53.9 Å². The Morgan fingerprint density at radius 3 is 2.96 bits per heavy atom. The van der Waals surface area contributed by atoms with E-state index < -0.39 is 0 Å². The number of carbonyl (C=O) groups is 1. The average Bonchev–Trinajstić information content (AvgIpc) is 3.17. The van der Waals surface area contributed by atoms with Crippen LogP contribution in [0.2, 0.25) is 0 Å². The van der Waals surface area contributed by atoms with Crippen molar-refractivity contribution in [1.82, 2.24) is 25.5 Å². The monoisotopic (exact) mass is 321 g/mol. The molecule has 6 nitrogen and oxygen atoms in total. The number of H-pyrrole nitrogens is 1. The van der Waals surface area contributed by atoms with Gasteiger partial charge in [-0.05, 0) is 29.2 Å². The van der Waals surface area contributed by atoms with Gasteiger partial charge in [-0.25, -0.2) is 0 Å². The van der Waals surface area contributed by atoms with Crippen molar-refractivity contribution < 1.29 is 4.79 Å². The van der Waals surface area contributed by atoms with Crippen LogP contribution in [0.15, 0.2) is 42.5 Å². The summed E-state index contributed by atoms with van der Waals surface area (Å²) in [6, 6.07) is 14.3. The molecule has 0 bridgehead atoms. The van der Waals surface area contributed by atoms with Crippen LogP contribution in [0.3, 0.4) is 0 Å². The Morgan fingerprint density at radius 1 is 1.21 bits per heavy atom. The summed E-state index contributed by atoms with van der Waals surface area (Å²) in [5.74, 6) is 1.05. The highest BCUT2D eigenvalue weighted by atomic mass is 16.2. The molecule has 0 aliphatic carbocycles. The van der Waals surface area contributed by atoms with Gasteiger partial charge in [0.15, 0.2) is 5.82 Å². The third-order valence-corrected chi connectivity index (χ3v) is 4.72. The first-order chi connectivity index (χ1) is 11.8. The minimum absolute atomic E-state index is 0.166. The summed E-state index contributed by atoms with van der Waals surface area (Å²) < 4.78 is 0. The Labute approximate surface area is 139 Å². The zero-order valence-corrected chi connectivity index (χ0v) is 13.4. The molecule has 1 atom stereocenters. The number of hydrogen-bond donors (Lipinski definition) is 1. The van der Waals surface area contributed by atoms with E-state index in [-0.39, 0.29) is 11.8 Å². The molecule has 1 aliphatic heterocycles. The molecule has 1 fully saturated rings. The van der Waals surface area contributed by atoms with Crippen molar-refractivity contribution in [2.45, 2.75) is 25.2 Å². The number of tetrazole rings is 1. The lowest BCUT2D eigenvalue weighted by molar-refractivity contribution is -0.131. The minimum Gasteiger partial charge on any atom is -0.342 e. The van der Waals surface area contributed by atoms with Gasteiger partial charge < -0.3 is 4.90 Å². The number of amides is 1. The van der Waals surface area contributed by atoms with Gasteiger partial charge in [-0.3, -0.25) is 4.79 Å². The Balaban J connectivity index is 1.51. The molecule has 0 spiro atoms. The highest BCUT2D eigenvalue weighted by Gasteiger charge is 2.27. The van der Waals surface area contributed by atoms with Crippen molar-refractivity contribution in [2.24, 2.45) is 0 Å². The molecule has 0 saturated carbocycles. The molecule has 1 aliphatic rings. The first-order valence-corrected chi connectivity index (χ1v) is 8.29. The van der Waals surface area contributed by atoms with E-state index >= 15 is 0 Å². The summed E-state index contributed by atoms with van der Waals surface area (Å²) in [5.41, 5.74) is 1.08. The SMILES string of the molecule is O=C(Cc1cccc2ccccc12)N1CCCC(c2nn[nH]n2)C1. The topological polar surface area (TPSA) is 74.8 Å². The minimum atomic E-state index is 0.166. The number of nitrogens with one attached hydrogen (secondary N) is 1. The molecule has 1 saturated heterocycles. The van der Waals surface area contributed by atoms with E-state index in [4.69, 9.17) is 0 Å². The van der Waals surface area contributed by atoms with Gasteiger partial charge >= 0.3 is 0 Å². The predicted octanol–water partition coefficient (Wildman–Crippen LogP) is 2.30. The summed E-state index contributed by atoms with van der Waals surface area (Å²) in [4.78, 5) is 14.7. The Bertz CT molecular complexity index is 840. The maximum atomic E-state index is 12.8. The van der Waals surface area contributed by atoms with Gasteiger partial charge in [-0.1, -0.05) is 47.7 Å². The lowest BCUT2D eigenvalue weighted by Gasteiger charge is -2.31. The maximum absolute atomic E-state index is 12.8. The molecule has 1 N–H and O–H groups in total. The number of aromatic amines is 1. The zero-order chi connectivity index (χ0) is 16.4. The van der Waals surface area contributed by atoms with E-state index in [0.29, 0.717) is 18.8 Å². The summed E-state index contributed by atoms with van der Waals surface area (Å²) in [5, 5.41) is 16.6. The van der Waals surface area contributed by atoms with Gasteiger partial charge in [0, 0.05) is 19.0 Å². The number of aromatic nitrogens is 4. The smallest absolute Gasteiger partial charge is 0.227 e. The maximum Gasteiger partial charge on any atom is 0.227 e. The Kier molecular flexibility index (Phi) is 3.94. The molecule has 4 rings (SSSR count). The number of carbonyl (C=O) groups excluding carboxylic acids is 1. The largest absolute Gasteiger partial charge is 0.342 e. The van der Waals surface area contributed by atoms with Gasteiger partial charge in [-0.15, -0.1) is 10.2 Å². The number of hydrogen-bond acceptors (Lipinski definition) is 4. The molecular formula is C18H19N5O. The molecule has 1 amide bonds. The number of likely N-dealkylation sites (tertiary alicyclic amines) is 1. The molecule has 6 heteroatoms. The van der Waals surface area contributed by atoms with Gasteiger partial charge in [0.05, 0.1) is 6.42 Å². The van der Waals surface area contributed by atoms with Gasteiger partial charge in [0.25, 0.3) is 0 Å². The van der Waals surface area contributed by atoms with E-state index in [9.17, 15) is 4.79 Å². The number of fused-ring (bicyclic) bond motifs is 1. The second kappa shape index (κ2) is 6.39. The van der Waals surface area contributed by atoms with Crippen LogP contribution in [0.1, 0.15) is 30.1 Å². The molecule has 1 unspecified atom stereocenters. The summed E-state index contributed by atoms with van der Waals surface area (Å²) in [7, 11) is 0. The van der Waals surface area contributed by atoms with E-state index in [1.54, 1.807) is 0 Å². The first kappa shape index (κ1) is 14.8. The summed E-state index contributed by atoms with van der Waals surface area (Å²) in [6.07, 6.45) is 2.40. The van der Waals surface area contributed by atoms with Gasteiger partial charge in [-0.2, -0.15) is 5.21 Å². The summed E-state index contributed by atoms with van der Waals surface area (Å²) in [6.45, 7) is 1.47. The summed E-state index contributed by atoms with van der Waals surface area (Å²) >= 11 is 0. The highest BCUT2D eigenvalue weighted by molar-refractivity contribution is 5.90. The molecule has 24 heavy (non-hydrogen) atoms. The second-order valence-corrected chi connectivity index (χ2v) is 6.26. The number of piperidine rings is 1. The van der Waals surface area contributed by atoms with Crippen LogP contribution in [0.4, 0.5) is 0 Å². The first-order valence-electron chi connectivity index (χ1n) is 8.29. The fourth-order valence-electron chi connectivity index (χ4n) is 3.48. The molecule has 2 aromatic carbocycles. The number of benzene rings is 2. The van der Waals surface area contributed by atoms with Crippen molar-refractivity contribution in [3.8, 4) is 0 Å². The lowest BCUT2D eigenvalue weighted by Crippen LogP contribution is -2.40. The molecule has 2 heterocycles. The van der Waals surface area contributed by atoms with Crippen molar-refractivity contribution in [2.75, 3.05) is 13.1 Å². The fraction of sp³-hybridized carbons (Fsp3) is 0.333. The average molecular weight is 321 g/mol. The molecule has 3 aromatic rings. The molecule has 1 aromatic heterocycles. The van der Waals surface area contributed by atoms with E-state index in [1.807, 2.05) is 29.2 Å². The van der Waals surface area contributed by atoms with Crippen LogP contribution in [0, 0.1) is 0 Å². The number of rotatable bonds is 3. The molecule has 122 valence electrons. The van der Waals surface area contributed by atoms with Crippen molar-refractivity contribution in [3.63, 3.8) is 0 Å².